The summed E-state index contributed by atoms with van der Waals surface area (Å²) in [5.74, 6) is 1.29. The molecule has 0 saturated heterocycles. The average molecular weight is 265 g/mol. The summed E-state index contributed by atoms with van der Waals surface area (Å²) in [5, 5.41) is 12.4. The van der Waals surface area contributed by atoms with Crippen molar-refractivity contribution in [1.82, 2.24) is 0 Å². The van der Waals surface area contributed by atoms with Crippen molar-refractivity contribution in [1.29, 1.82) is 0 Å². The average Bonchev–Trinajstić information content (AvgIpc) is 2.93. The molecule has 18 heavy (non-hydrogen) atoms. The van der Waals surface area contributed by atoms with Crippen molar-refractivity contribution >= 4 is 22.6 Å². The highest BCUT2D eigenvalue weighted by Crippen LogP contribution is 2.44. The lowest BCUT2D eigenvalue weighted by Crippen LogP contribution is -2.20. The second kappa shape index (κ2) is 4.29. The Hall–Kier alpha value is -0.990. The van der Waals surface area contributed by atoms with E-state index in [0.717, 1.165) is 36.7 Å². The van der Waals surface area contributed by atoms with E-state index in [1.807, 2.05) is 24.3 Å². The second-order valence-electron chi connectivity index (χ2n) is 5.34. The van der Waals surface area contributed by atoms with Crippen molar-refractivity contribution in [3.8, 4) is 0 Å². The minimum atomic E-state index is -0.786. The quantitative estimate of drug-likeness (QED) is 0.867. The standard InChI is InChI=1S/C15H17ClO2/c1-2-10-5-6-15(17,9-10)14-8-11-7-12(16)3-4-13(11)18-14/h3-4,7-8,10,17H,2,5-6,9H2,1H3. The van der Waals surface area contributed by atoms with Crippen LogP contribution in [0.2, 0.25) is 5.02 Å². The molecule has 1 saturated carbocycles. The fraction of sp³-hybridized carbons (Fsp3) is 0.467. The summed E-state index contributed by atoms with van der Waals surface area (Å²) in [7, 11) is 0. The van der Waals surface area contributed by atoms with E-state index in [9.17, 15) is 5.11 Å². The Bertz CT molecular complexity index is 575. The van der Waals surface area contributed by atoms with Gasteiger partial charge in [-0.25, -0.2) is 0 Å². The molecule has 1 aliphatic rings. The topological polar surface area (TPSA) is 33.4 Å². The van der Waals surface area contributed by atoms with Gasteiger partial charge in [0.15, 0.2) is 0 Å². The molecule has 0 bridgehead atoms. The molecule has 2 nitrogen and oxygen atoms in total. The van der Waals surface area contributed by atoms with Crippen LogP contribution in [0, 0.1) is 5.92 Å². The number of halogens is 1. The van der Waals surface area contributed by atoms with E-state index in [0.29, 0.717) is 16.7 Å². The van der Waals surface area contributed by atoms with Gasteiger partial charge in [0.2, 0.25) is 0 Å². The summed E-state index contributed by atoms with van der Waals surface area (Å²) < 4.78 is 5.79. The largest absolute Gasteiger partial charge is 0.458 e. The van der Waals surface area contributed by atoms with Crippen molar-refractivity contribution in [2.75, 3.05) is 0 Å². The van der Waals surface area contributed by atoms with Crippen LogP contribution in [0.25, 0.3) is 11.0 Å². The van der Waals surface area contributed by atoms with E-state index in [1.165, 1.54) is 0 Å². The zero-order valence-corrected chi connectivity index (χ0v) is 11.2. The monoisotopic (exact) mass is 264 g/mol. The van der Waals surface area contributed by atoms with Crippen LogP contribution in [0.5, 0.6) is 0 Å². The van der Waals surface area contributed by atoms with Gasteiger partial charge in [-0.3, -0.25) is 0 Å². The zero-order valence-electron chi connectivity index (χ0n) is 10.4. The van der Waals surface area contributed by atoms with Crippen LogP contribution in [0.3, 0.4) is 0 Å². The summed E-state index contributed by atoms with van der Waals surface area (Å²) in [6, 6.07) is 7.47. The van der Waals surface area contributed by atoms with E-state index in [1.54, 1.807) is 0 Å². The van der Waals surface area contributed by atoms with Gasteiger partial charge in [-0.1, -0.05) is 24.9 Å². The van der Waals surface area contributed by atoms with E-state index >= 15 is 0 Å². The molecule has 1 heterocycles. The predicted molar refractivity (Wildman–Crippen MR) is 72.8 cm³/mol. The van der Waals surface area contributed by atoms with Crippen LogP contribution in [0.1, 0.15) is 38.4 Å². The van der Waals surface area contributed by atoms with Crippen molar-refractivity contribution in [2.45, 2.75) is 38.2 Å². The maximum atomic E-state index is 10.7. The first-order valence-corrected chi connectivity index (χ1v) is 6.90. The summed E-state index contributed by atoms with van der Waals surface area (Å²) in [5.41, 5.74) is 0.00869. The van der Waals surface area contributed by atoms with Gasteiger partial charge in [0.05, 0.1) is 0 Å². The third-order valence-electron chi connectivity index (χ3n) is 4.11. The number of fused-ring (bicyclic) bond motifs is 1. The van der Waals surface area contributed by atoms with E-state index in [-0.39, 0.29) is 0 Å². The number of aliphatic hydroxyl groups is 1. The van der Waals surface area contributed by atoms with Gasteiger partial charge in [-0.15, -0.1) is 0 Å². The van der Waals surface area contributed by atoms with Crippen LogP contribution in [-0.2, 0) is 5.60 Å². The molecule has 2 aromatic rings. The number of hydrogen-bond acceptors (Lipinski definition) is 2. The van der Waals surface area contributed by atoms with Gasteiger partial charge >= 0.3 is 0 Å². The predicted octanol–water partition coefficient (Wildman–Crippen LogP) is 4.48. The molecule has 3 heteroatoms. The first-order chi connectivity index (χ1) is 8.60. The minimum absolute atomic E-state index is 0.604. The Morgan fingerprint density at radius 3 is 3.00 bits per heavy atom. The maximum Gasteiger partial charge on any atom is 0.136 e. The summed E-state index contributed by atoms with van der Waals surface area (Å²) in [6.07, 6.45) is 3.79. The highest BCUT2D eigenvalue weighted by atomic mass is 35.5. The van der Waals surface area contributed by atoms with Crippen molar-refractivity contribution in [3.05, 3.63) is 35.0 Å². The third kappa shape index (κ3) is 1.94. The summed E-state index contributed by atoms with van der Waals surface area (Å²) in [6.45, 7) is 2.18. The molecule has 0 spiro atoms. The molecule has 1 aromatic carbocycles. The number of furan rings is 1. The Morgan fingerprint density at radius 2 is 2.28 bits per heavy atom. The van der Waals surface area contributed by atoms with Gasteiger partial charge < -0.3 is 9.52 Å². The lowest BCUT2D eigenvalue weighted by molar-refractivity contribution is 0.0192. The molecule has 1 fully saturated rings. The molecular formula is C15H17ClO2. The number of benzene rings is 1. The van der Waals surface area contributed by atoms with Crippen LogP contribution in [-0.4, -0.2) is 5.11 Å². The smallest absolute Gasteiger partial charge is 0.136 e. The molecule has 1 aromatic heterocycles. The third-order valence-corrected chi connectivity index (χ3v) is 4.34. The van der Waals surface area contributed by atoms with E-state index < -0.39 is 5.60 Å². The van der Waals surface area contributed by atoms with Crippen LogP contribution in [0.4, 0.5) is 0 Å². The van der Waals surface area contributed by atoms with Gasteiger partial charge in [-0.05, 0) is 49.4 Å². The molecular weight excluding hydrogens is 248 g/mol. The first-order valence-electron chi connectivity index (χ1n) is 6.53. The molecule has 1 aliphatic carbocycles. The van der Waals surface area contributed by atoms with Crippen LogP contribution < -0.4 is 0 Å². The molecule has 0 radical (unpaired) electrons. The van der Waals surface area contributed by atoms with Crippen molar-refractivity contribution in [3.63, 3.8) is 0 Å². The van der Waals surface area contributed by atoms with Crippen LogP contribution >= 0.6 is 11.6 Å². The van der Waals surface area contributed by atoms with Crippen molar-refractivity contribution < 1.29 is 9.52 Å². The molecule has 1 N–H and O–H groups in total. The Morgan fingerprint density at radius 1 is 1.44 bits per heavy atom. The Labute approximate surface area is 112 Å². The van der Waals surface area contributed by atoms with Gasteiger partial charge in [0, 0.05) is 10.4 Å². The van der Waals surface area contributed by atoms with Crippen LogP contribution in [0.15, 0.2) is 28.7 Å². The summed E-state index contributed by atoms with van der Waals surface area (Å²) in [4.78, 5) is 0. The van der Waals surface area contributed by atoms with Gasteiger partial charge in [0.1, 0.15) is 16.9 Å². The Balaban J connectivity index is 1.99. The molecule has 2 unspecified atom stereocenters. The van der Waals surface area contributed by atoms with Crippen molar-refractivity contribution in [2.24, 2.45) is 5.92 Å². The fourth-order valence-corrected chi connectivity index (χ4v) is 3.12. The maximum absolute atomic E-state index is 10.7. The highest BCUT2D eigenvalue weighted by molar-refractivity contribution is 6.31. The van der Waals surface area contributed by atoms with E-state index in [4.69, 9.17) is 16.0 Å². The highest BCUT2D eigenvalue weighted by Gasteiger charge is 2.40. The fourth-order valence-electron chi connectivity index (χ4n) is 2.94. The molecule has 0 amide bonds. The second-order valence-corrected chi connectivity index (χ2v) is 5.78. The lowest BCUT2D eigenvalue weighted by Gasteiger charge is -2.19. The molecule has 96 valence electrons. The number of rotatable bonds is 2. The molecule has 2 atom stereocenters. The van der Waals surface area contributed by atoms with E-state index in [2.05, 4.69) is 6.92 Å². The minimum Gasteiger partial charge on any atom is -0.458 e. The molecule has 3 rings (SSSR count). The van der Waals surface area contributed by atoms with Gasteiger partial charge in [0.25, 0.3) is 0 Å². The lowest BCUT2D eigenvalue weighted by atomic mass is 9.96. The zero-order chi connectivity index (χ0) is 12.8. The summed E-state index contributed by atoms with van der Waals surface area (Å²) >= 11 is 5.96. The normalized spacial score (nSPS) is 28.1. The Kier molecular flexibility index (Phi) is 2.87. The van der Waals surface area contributed by atoms with Gasteiger partial charge in [-0.2, -0.15) is 0 Å². The first kappa shape index (κ1) is 12.1. The molecule has 0 aliphatic heterocycles. The SMILES string of the molecule is CCC1CCC(O)(c2cc3cc(Cl)ccc3o2)C1. The number of hydrogen-bond donors (Lipinski definition) is 1.